The number of halogens is 1. The average Bonchev–Trinajstić information content (AvgIpc) is 2.92. The second-order valence-corrected chi connectivity index (χ2v) is 5.63. The van der Waals surface area contributed by atoms with Crippen LogP contribution in [0.2, 0.25) is 5.02 Å². The number of benzene rings is 1. The lowest BCUT2D eigenvalue weighted by atomic mass is 9.96. The molecule has 0 fully saturated rings. The van der Waals surface area contributed by atoms with E-state index in [4.69, 9.17) is 17.3 Å². The summed E-state index contributed by atoms with van der Waals surface area (Å²) in [5.41, 5.74) is 6.44. The van der Waals surface area contributed by atoms with Gasteiger partial charge in [0.25, 0.3) is 0 Å². The standard InChI is InChI=1S/C15H19ClN4O/c1-3-7-15(2,17)14(21)19-12-6-4-5-11(16)13(12)20-9-8-18-10-20/h4-6,8-10H,3,7,17H2,1-2H3,(H,19,21). The van der Waals surface area contributed by atoms with Crippen molar-refractivity contribution in [3.05, 3.63) is 41.9 Å². The lowest BCUT2D eigenvalue weighted by Crippen LogP contribution is -2.48. The van der Waals surface area contributed by atoms with Gasteiger partial charge in [-0.1, -0.05) is 31.0 Å². The summed E-state index contributed by atoms with van der Waals surface area (Å²) in [6.45, 7) is 3.72. The van der Waals surface area contributed by atoms with Crippen LogP contribution in [0, 0.1) is 0 Å². The quantitative estimate of drug-likeness (QED) is 0.892. The number of amides is 1. The van der Waals surface area contributed by atoms with Gasteiger partial charge < -0.3 is 15.6 Å². The molecule has 0 aliphatic carbocycles. The summed E-state index contributed by atoms with van der Waals surface area (Å²) in [6, 6.07) is 5.34. The lowest BCUT2D eigenvalue weighted by Gasteiger charge is -2.24. The number of nitrogens with two attached hydrogens (primary N) is 1. The Morgan fingerprint density at radius 1 is 1.52 bits per heavy atom. The number of aromatic nitrogens is 2. The molecular weight excluding hydrogens is 288 g/mol. The van der Waals surface area contributed by atoms with E-state index in [-0.39, 0.29) is 5.91 Å². The van der Waals surface area contributed by atoms with E-state index in [9.17, 15) is 4.79 Å². The highest BCUT2D eigenvalue weighted by Crippen LogP contribution is 2.29. The Morgan fingerprint density at radius 2 is 2.29 bits per heavy atom. The highest BCUT2D eigenvalue weighted by Gasteiger charge is 2.28. The van der Waals surface area contributed by atoms with Crippen LogP contribution in [-0.4, -0.2) is 21.0 Å². The number of hydrogen-bond acceptors (Lipinski definition) is 3. The van der Waals surface area contributed by atoms with Crippen molar-refractivity contribution in [1.82, 2.24) is 9.55 Å². The summed E-state index contributed by atoms with van der Waals surface area (Å²) in [5.74, 6) is -0.229. The summed E-state index contributed by atoms with van der Waals surface area (Å²) in [7, 11) is 0. The summed E-state index contributed by atoms with van der Waals surface area (Å²) in [6.07, 6.45) is 6.50. The van der Waals surface area contributed by atoms with Gasteiger partial charge in [0.05, 0.1) is 28.3 Å². The largest absolute Gasteiger partial charge is 0.323 e. The number of nitrogens with one attached hydrogen (secondary N) is 1. The van der Waals surface area contributed by atoms with Gasteiger partial charge in [-0.3, -0.25) is 4.79 Å². The number of para-hydroxylation sites is 1. The number of anilines is 1. The SMILES string of the molecule is CCCC(C)(N)C(=O)Nc1cccc(Cl)c1-n1ccnc1. The molecule has 0 bridgehead atoms. The van der Waals surface area contributed by atoms with Crippen LogP contribution in [0.1, 0.15) is 26.7 Å². The van der Waals surface area contributed by atoms with Gasteiger partial charge in [-0.15, -0.1) is 0 Å². The van der Waals surface area contributed by atoms with Gasteiger partial charge in [0, 0.05) is 12.4 Å². The van der Waals surface area contributed by atoms with E-state index in [2.05, 4.69) is 10.3 Å². The third-order valence-electron chi connectivity index (χ3n) is 3.29. The van der Waals surface area contributed by atoms with Gasteiger partial charge in [-0.05, 0) is 25.5 Å². The van der Waals surface area contributed by atoms with E-state index in [0.717, 1.165) is 6.42 Å². The number of imidazole rings is 1. The second-order valence-electron chi connectivity index (χ2n) is 5.23. The van der Waals surface area contributed by atoms with Crippen LogP contribution in [0.3, 0.4) is 0 Å². The topological polar surface area (TPSA) is 72.9 Å². The van der Waals surface area contributed by atoms with Crippen LogP contribution in [-0.2, 0) is 4.79 Å². The highest BCUT2D eigenvalue weighted by atomic mass is 35.5. The number of carbonyl (C=O) groups excluding carboxylic acids is 1. The van der Waals surface area contributed by atoms with Crippen molar-refractivity contribution >= 4 is 23.2 Å². The van der Waals surface area contributed by atoms with E-state index < -0.39 is 5.54 Å². The Hall–Kier alpha value is -1.85. The first-order chi connectivity index (χ1) is 9.95. The maximum atomic E-state index is 12.4. The van der Waals surface area contributed by atoms with Crippen LogP contribution in [0.25, 0.3) is 5.69 Å². The number of hydrogen-bond donors (Lipinski definition) is 2. The molecule has 2 aromatic rings. The molecule has 112 valence electrons. The van der Waals surface area contributed by atoms with Gasteiger partial charge in [-0.2, -0.15) is 0 Å². The Morgan fingerprint density at radius 3 is 2.90 bits per heavy atom. The fraction of sp³-hybridized carbons (Fsp3) is 0.333. The first kappa shape index (κ1) is 15.5. The third-order valence-corrected chi connectivity index (χ3v) is 3.59. The van der Waals surface area contributed by atoms with E-state index in [1.807, 2.05) is 6.92 Å². The normalized spacial score (nSPS) is 13.7. The maximum absolute atomic E-state index is 12.4. The summed E-state index contributed by atoms with van der Waals surface area (Å²) >= 11 is 6.25. The first-order valence-corrected chi connectivity index (χ1v) is 7.20. The fourth-order valence-corrected chi connectivity index (χ4v) is 2.44. The molecule has 21 heavy (non-hydrogen) atoms. The molecular formula is C15H19ClN4O. The smallest absolute Gasteiger partial charge is 0.244 e. The molecule has 6 heteroatoms. The predicted molar refractivity (Wildman–Crippen MR) is 84.7 cm³/mol. The zero-order valence-electron chi connectivity index (χ0n) is 12.1. The van der Waals surface area contributed by atoms with Crippen molar-refractivity contribution in [3.8, 4) is 5.69 Å². The molecule has 2 rings (SSSR count). The highest BCUT2D eigenvalue weighted by molar-refractivity contribution is 6.33. The minimum absolute atomic E-state index is 0.229. The number of nitrogens with zero attached hydrogens (tertiary/aromatic N) is 2. The minimum atomic E-state index is -0.913. The minimum Gasteiger partial charge on any atom is -0.323 e. The molecule has 0 aliphatic heterocycles. The van der Waals surface area contributed by atoms with Crippen LogP contribution in [0.15, 0.2) is 36.9 Å². The molecule has 1 aromatic heterocycles. The van der Waals surface area contributed by atoms with Crippen molar-refractivity contribution in [1.29, 1.82) is 0 Å². The third kappa shape index (κ3) is 3.43. The maximum Gasteiger partial charge on any atom is 0.244 e. The van der Waals surface area contributed by atoms with E-state index >= 15 is 0 Å². The second kappa shape index (κ2) is 6.28. The van der Waals surface area contributed by atoms with Crippen molar-refractivity contribution in [2.45, 2.75) is 32.2 Å². The summed E-state index contributed by atoms with van der Waals surface area (Å²) < 4.78 is 1.76. The van der Waals surface area contributed by atoms with Crippen LogP contribution >= 0.6 is 11.6 Å². The Labute approximate surface area is 129 Å². The van der Waals surface area contributed by atoms with E-state index in [0.29, 0.717) is 22.8 Å². The molecule has 1 heterocycles. The molecule has 3 N–H and O–H groups in total. The average molecular weight is 307 g/mol. The molecule has 0 radical (unpaired) electrons. The van der Waals surface area contributed by atoms with Crippen LogP contribution < -0.4 is 11.1 Å². The van der Waals surface area contributed by atoms with Crippen molar-refractivity contribution < 1.29 is 4.79 Å². The lowest BCUT2D eigenvalue weighted by molar-refractivity contribution is -0.120. The van der Waals surface area contributed by atoms with Gasteiger partial charge in [0.15, 0.2) is 0 Å². The van der Waals surface area contributed by atoms with Crippen LogP contribution in [0.4, 0.5) is 5.69 Å². The van der Waals surface area contributed by atoms with Gasteiger partial charge in [0.2, 0.25) is 5.91 Å². The number of rotatable bonds is 5. The Balaban J connectivity index is 2.33. The number of carbonyl (C=O) groups is 1. The molecule has 0 saturated carbocycles. The van der Waals surface area contributed by atoms with Crippen molar-refractivity contribution in [2.24, 2.45) is 5.73 Å². The molecule has 1 aromatic carbocycles. The van der Waals surface area contributed by atoms with Gasteiger partial charge >= 0.3 is 0 Å². The molecule has 1 unspecified atom stereocenters. The first-order valence-electron chi connectivity index (χ1n) is 6.83. The monoisotopic (exact) mass is 306 g/mol. The van der Waals surface area contributed by atoms with E-state index in [1.54, 1.807) is 48.4 Å². The predicted octanol–water partition coefficient (Wildman–Crippen LogP) is 2.98. The molecule has 1 amide bonds. The molecule has 0 spiro atoms. The van der Waals surface area contributed by atoms with Gasteiger partial charge in [-0.25, -0.2) is 4.98 Å². The Kier molecular flexibility index (Phi) is 4.65. The zero-order valence-corrected chi connectivity index (χ0v) is 12.9. The molecule has 0 aliphatic rings. The zero-order chi connectivity index (χ0) is 15.5. The Bertz CT molecular complexity index is 623. The molecule has 5 nitrogen and oxygen atoms in total. The van der Waals surface area contributed by atoms with E-state index in [1.165, 1.54) is 0 Å². The molecule has 1 atom stereocenters. The summed E-state index contributed by atoms with van der Waals surface area (Å²) in [4.78, 5) is 16.4. The summed E-state index contributed by atoms with van der Waals surface area (Å²) in [5, 5.41) is 3.40. The van der Waals surface area contributed by atoms with Crippen LogP contribution in [0.5, 0.6) is 0 Å². The van der Waals surface area contributed by atoms with Gasteiger partial charge in [0.1, 0.15) is 0 Å². The fourth-order valence-electron chi connectivity index (χ4n) is 2.17. The van der Waals surface area contributed by atoms with Crippen molar-refractivity contribution in [2.75, 3.05) is 5.32 Å². The molecule has 0 saturated heterocycles. The van der Waals surface area contributed by atoms with Crippen molar-refractivity contribution in [3.63, 3.8) is 0 Å².